The van der Waals surface area contributed by atoms with Crippen molar-refractivity contribution in [1.82, 2.24) is 4.90 Å². The van der Waals surface area contributed by atoms with Crippen molar-refractivity contribution in [1.29, 1.82) is 0 Å². The highest BCUT2D eigenvalue weighted by Gasteiger charge is 2.22. The number of carboxylic acid groups (broad SMARTS) is 1. The van der Waals surface area contributed by atoms with Crippen molar-refractivity contribution in [3.63, 3.8) is 0 Å². The van der Waals surface area contributed by atoms with Crippen LogP contribution in [0.1, 0.15) is 35.2 Å². The summed E-state index contributed by atoms with van der Waals surface area (Å²) in [6, 6.07) is 4.82. The molecular weight excluding hydrogens is 256 g/mol. The zero-order chi connectivity index (χ0) is 14.7. The molecule has 20 heavy (non-hydrogen) atoms. The van der Waals surface area contributed by atoms with E-state index in [0.29, 0.717) is 17.2 Å². The van der Waals surface area contributed by atoms with Crippen LogP contribution in [-0.4, -0.2) is 35.6 Å². The molecule has 0 unspecified atom stereocenters. The molecule has 2 N–H and O–H groups in total. The zero-order valence-electron chi connectivity index (χ0n) is 11.8. The standard InChI is InChI=1S/C15H20N2O3/c1-10-5-3-8-12(13(10)14(18)19)16-15(20)17(2)9-11-6-4-7-11/h3,5,8,11H,4,6-7,9H2,1-2H3,(H,16,20)(H,18,19). The van der Waals surface area contributed by atoms with Gasteiger partial charge in [0.05, 0.1) is 11.3 Å². The van der Waals surface area contributed by atoms with Crippen molar-refractivity contribution in [2.75, 3.05) is 18.9 Å². The Hall–Kier alpha value is -2.04. The average Bonchev–Trinajstić information content (AvgIpc) is 2.33. The van der Waals surface area contributed by atoms with Crippen LogP contribution < -0.4 is 5.32 Å². The molecule has 1 aromatic rings. The Balaban J connectivity index is 2.07. The highest BCUT2D eigenvalue weighted by atomic mass is 16.4. The summed E-state index contributed by atoms with van der Waals surface area (Å²) in [5.74, 6) is -0.442. The highest BCUT2D eigenvalue weighted by molar-refractivity contribution is 6.01. The second-order valence-electron chi connectivity index (χ2n) is 5.41. The molecule has 0 aromatic heterocycles. The minimum atomic E-state index is -1.03. The van der Waals surface area contributed by atoms with Gasteiger partial charge in [0.2, 0.25) is 0 Å². The lowest BCUT2D eigenvalue weighted by Gasteiger charge is -2.30. The number of aryl methyl sites for hydroxylation is 1. The number of amides is 2. The van der Waals surface area contributed by atoms with E-state index in [9.17, 15) is 14.7 Å². The Labute approximate surface area is 118 Å². The summed E-state index contributed by atoms with van der Waals surface area (Å²) in [5.41, 5.74) is 1.14. The number of urea groups is 1. The summed E-state index contributed by atoms with van der Waals surface area (Å²) in [6.45, 7) is 2.44. The van der Waals surface area contributed by atoms with Crippen LogP contribution >= 0.6 is 0 Å². The molecule has 0 atom stereocenters. The molecule has 1 aliphatic rings. The first-order chi connectivity index (χ1) is 9.49. The summed E-state index contributed by atoms with van der Waals surface area (Å²) in [7, 11) is 1.74. The minimum absolute atomic E-state index is 0.151. The third kappa shape index (κ3) is 3.10. The molecule has 0 spiro atoms. The minimum Gasteiger partial charge on any atom is -0.478 e. The third-order valence-corrected chi connectivity index (χ3v) is 3.83. The van der Waals surface area contributed by atoms with Crippen molar-refractivity contribution in [2.45, 2.75) is 26.2 Å². The number of nitrogens with one attached hydrogen (secondary N) is 1. The van der Waals surface area contributed by atoms with E-state index in [1.54, 1.807) is 37.1 Å². The second kappa shape index (κ2) is 5.94. The lowest BCUT2D eigenvalue weighted by molar-refractivity contribution is 0.0697. The van der Waals surface area contributed by atoms with Gasteiger partial charge in [-0.2, -0.15) is 0 Å². The van der Waals surface area contributed by atoms with E-state index in [4.69, 9.17) is 0 Å². The summed E-state index contributed by atoms with van der Waals surface area (Å²) < 4.78 is 0. The summed E-state index contributed by atoms with van der Waals surface area (Å²) in [6.07, 6.45) is 3.58. The van der Waals surface area contributed by atoms with Crippen LogP contribution in [0.3, 0.4) is 0 Å². The fourth-order valence-electron chi connectivity index (χ4n) is 2.41. The molecule has 1 saturated carbocycles. The molecule has 0 aliphatic heterocycles. The molecule has 0 saturated heterocycles. The number of anilines is 1. The molecule has 0 bridgehead atoms. The quantitative estimate of drug-likeness (QED) is 0.888. The summed E-state index contributed by atoms with van der Waals surface area (Å²) >= 11 is 0. The number of carbonyl (C=O) groups is 2. The van der Waals surface area contributed by atoms with Crippen LogP contribution in [0.15, 0.2) is 18.2 Å². The number of rotatable bonds is 4. The maximum Gasteiger partial charge on any atom is 0.338 e. The van der Waals surface area contributed by atoms with Crippen LogP contribution in [0.4, 0.5) is 10.5 Å². The van der Waals surface area contributed by atoms with Gasteiger partial charge in [-0.3, -0.25) is 0 Å². The van der Waals surface area contributed by atoms with Crippen LogP contribution in [0.5, 0.6) is 0 Å². The van der Waals surface area contributed by atoms with E-state index in [-0.39, 0.29) is 11.6 Å². The Bertz CT molecular complexity index is 524. The topological polar surface area (TPSA) is 69.6 Å². The molecule has 0 heterocycles. The Kier molecular flexibility index (Phi) is 4.27. The van der Waals surface area contributed by atoms with Crippen molar-refractivity contribution in [3.05, 3.63) is 29.3 Å². The molecule has 1 fully saturated rings. The largest absolute Gasteiger partial charge is 0.478 e. The fraction of sp³-hybridized carbons (Fsp3) is 0.467. The molecule has 1 aliphatic carbocycles. The van der Waals surface area contributed by atoms with E-state index in [0.717, 1.165) is 6.54 Å². The van der Waals surface area contributed by atoms with Crippen molar-refractivity contribution in [2.24, 2.45) is 5.92 Å². The van der Waals surface area contributed by atoms with Gasteiger partial charge in [-0.05, 0) is 37.3 Å². The predicted octanol–water partition coefficient (Wildman–Crippen LogP) is 2.96. The van der Waals surface area contributed by atoms with Crippen LogP contribution in [-0.2, 0) is 0 Å². The monoisotopic (exact) mass is 276 g/mol. The van der Waals surface area contributed by atoms with Gasteiger partial charge in [0.1, 0.15) is 0 Å². The first kappa shape index (κ1) is 14.4. The predicted molar refractivity (Wildman–Crippen MR) is 77.1 cm³/mol. The van der Waals surface area contributed by atoms with E-state index in [1.807, 2.05) is 0 Å². The van der Waals surface area contributed by atoms with Gasteiger partial charge >= 0.3 is 12.0 Å². The SMILES string of the molecule is Cc1cccc(NC(=O)N(C)CC2CCC2)c1C(=O)O. The number of hydrogen-bond acceptors (Lipinski definition) is 2. The van der Waals surface area contributed by atoms with Crippen LogP contribution in [0, 0.1) is 12.8 Å². The zero-order valence-corrected chi connectivity index (χ0v) is 11.8. The van der Waals surface area contributed by atoms with Gasteiger partial charge < -0.3 is 15.3 Å². The maximum absolute atomic E-state index is 12.1. The number of carboxylic acids is 1. The molecule has 2 amide bonds. The number of hydrogen-bond donors (Lipinski definition) is 2. The number of nitrogens with zero attached hydrogens (tertiary/aromatic N) is 1. The normalized spacial score (nSPS) is 14.5. The van der Waals surface area contributed by atoms with Crippen molar-refractivity contribution in [3.8, 4) is 0 Å². The number of carbonyl (C=O) groups excluding carboxylic acids is 1. The summed E-state index contributed by atoms with van der Waals surface area (Å²) in [4.78, 5) is 25.0. The average molecular weight is 276 g/mol. The van der Waals surface area contributed by atoms with Gasteiger partial charge in [0.25, 0.3) is 0 Å². The molecule has 5 heteroatoms. The van der Waals surface area contributed by atoms with Crippen molar-refractivity contribution < 1.29 is 14.7 Å². The van der Waals surface area contributed by atoms with Gasteiger partial charge in [-0.1, -0.05) is 18.6 Å². The highest BCUT2D eigenvalue weighted by Crippen LogP contribution is 2.27. The van der Waals surface area contributed by atoms with Gasteiger partial charge in [-0.25, -0.2) is 9.59 Å². The van der Waals surface area contributed by atoms with Crippen LogP contribution in [0.2, 0.25) is 0 Å². The molecular formula is C15H20N2O3. The lowest BCUT2D eigenvalue weighted by Crippen LogP contribution is -2.37. The summed E-state index contributed by atoms with van der Waals surface area (Å²) in [5, 5.41) is 11.9. The second-order valence-corrected chi connectivity index (χ2v) is 5.41. The lowest BCUT2D eigenvalue weighted by atomic mass is 9.85. The van der Waals surface area contributed by atoms with Crippen LogP contribution in [0.25, 0.3) is 0 Å². The Morgan fingerprint density at radius 1 is 1.40 bits per heavy atom. The fourth-order valence-corrected chi connectivity index (χ4v) is 2.41. The number of aromatic carboxylic acids is 1. The first-order valence-electron chi connectivity index (χ1n) is 6.84. The Morgan fingerprint density at radius 3 is 2.65 bits per heavy atom. The molecule has 5 nitrogen and oxygen atoms in total. The molecule has 1 aromatic carbocycles. The maximum atomic E-state index is 12.1. The van der Waals surface area contributed by atoms with E-state index < -0.39 is 5.97 Å². The van der Waals surface area contributed by atoms with Gasteiger partial charge in [0.15, 0.2) is 0 Å². The van der Waals surface area contributed by atoms with E-state index in [2.05, 4.69) is 5.32 Å². The number of benzene rings is 1. The van der Waals surface area contributed by atoms with E-state index in [1.165, 1.54) is 19.3 Å². The van der Waals surface area contributed by atoms with Gasteiger partial charge in [-0.15, -0.1) is 0 Å². The smallest absolute Gasteiger partial charge is 0.338 e. The van der Waals surface area contributed by atoms with E-state index >= 15 is 0 Å². The Morgan fingerprint density at radius 2 is 2.10 bits per heavy atom. The molecule has 2 rings (SSSR count). The first-order valence-corrected chi connectivity index (χ1v) is 6.84. The molecule has 0 radical (unpaired) electrons. The van der Waals surface area contributed by atoms with Gasteiger partial charge in [0, 0.05) is 13.6 Å². The van der Waals surface area contributed by atoms with Crippen molar-refractivity contribution >= 4 is 17.7 Å². The third-order valence-electron chi connectivity index (χ3n) is 3.83. The molecule has 108 valence electrons.